The second kappa shape index (κ2) is 12.5. The van der Waals surface area contributed by atoms with Gasteiger partial charge in [-0.1, -0.05) is 65.7 Å². The summed E-state index contributed by atoms with van der Waals surface area (Å²) in [7, 11) is 3.10. The number of carboxylic acids is 1. The van der Waals surface area contributed by atoms with Crippen LogP contribution in [0.15, 0.2) is 66.7 Å². The minimum atomic E-state index is -1.12. The number of amides is 1. The molecule has 222 valence electrons. The molecule has 7 nitrogen and oxygen atoms in total. The molecule has 2 aliphatic rings. The van der Waals surface area contributed by atoms with Crippen LogP contribution in [0.1, 0.15) is 47.2 Å². The third-order valence-electron chi connectivity index (χ3n) is 9.23. The number of ether oxygens (including phenoxy) is 2. The van der Waals surface area contributed by atoms with Gasteiger partial charge in [0, 0.05) is 31.6 Å². The molecule has 0 bridgehead atoms. The Balaban J connectivity index is 1.41. The van der Waals surface area contributed by atoms with Gasteiger partial charge in [-0.15, -0.1) is 0 Å². The van der Waals surface area contributed by atoms with E-state index in [1.54, 1.807) is 44.6 Å². The Morgan fingerprint density at radius 2 is 1.62 bits per heavy atom. The molecule has 9 heteroatoms. The predicted molar refractivity (Wildman–Crippen MR) is 164 cm³/mol. The average Bonchev–Trinajstić information content (AvgIpc) is 3.51. The minimum Gasteiger partial charge on any atom is -0.496 e. The van der Waals surface area contributed by atoms with Crippen molar-refractivity contribution in [3.63, 3.8) is 0 Å². The van der Waals surface area contributed by atoms with Gasteiger partial charge in [0.15, 0.2) is 0 Å². The molecule has 1 amide bonds. The summed E-state index contributed by atoms with van der Waals surface area (Å²) in [5.74, 6) is -0.121. The first kappa shape index (κ1) is 30.2. The van der Waals surface area contributed by atoms with Gasteiger partial charge < -0.3 is 19.5 Å². The van der Waals surface area contributed by atoms with E-state index in [0.717, 1.165) is 17.5 Å². The van der Waals surface area contributed by atoms with Gasteiger partial charge in [0.1, 0.15) is 22.5 Å². The largest absolute Gasteiger partial charge is 0.496 e. The van der Waals surface area contributed by atoms with E-state index in [1.807, 2.05) is 41.3 Å². The SMILES string of the molecule is COc1cccc(OC)c1C(=O)N1CCC(C(C)N2CCC(C(=O)O)(c3ccccc3)C(c3ccc(Cl)c(Cl)c3)C2)C1. The number of carbonyl (C=O) groups is 2. The maximum absolute atomic E-state index is 13.6. The van der Waals surface area contributed by atoms with Crippen molar-refractivity contribution in [1.29, 1.82) is 0 Å². The number of rotatable bonds is 8. The van der Waals surface area contributed by atoms with Crippen LogP contribution in [0.2, 0.25) is 10.0 Å². The van der Waals surface area contributed by atoms with Gasteiger partial charge in [-0.25, -0.2) is 0 Å². The first-order chi connectivity index (χ1) is 20.2. The summed E-state index contributed by atoms with van der Waals surface area (Å²) in [4.78, 5) is 31.0. The van der Waals surface area contributed by atoms with Gasteiger partial charge in [0.25, 0.3) is 5.91 Å². The molecule has 3 aromatic rings. The number of aliphatic carboxylic acids is 1. The first-order valence-electron chi connectivity index (χ1n) is 14.2. The van der Waals surface area contributed by atoms with Gasteiger partial charge in [-0.3, -0.25) is 14.5 Å². The van der Waals surface area contributed by atoms with Crippen molar-refractivity contribution in [1.82, 2.24) is 9.80 Å². The molecule has 2 fully saturated rings. The Labute approximate surface area is 256 Å². The zero-order chi connectivity index (χ0) is 30.0. The molecule has 0 aliphatic carbocycles. The van der Waals surface area contributed by atoms with Crippen molar-refractivity contribution < 1.29 is 24.2 Å². The van der Waals surface area contributed by atoms with Gasteiger partial charge in [0.2, 0.25) is 0 Å². The summed E-state index contributed by atoms with van der Waals surface area (Å²) in [5, 5.41) is 11.6. The second-order valence-electron chi connectivity index (χ2n) is 11.2. The smallest absolute Gasteiger partial charge is 0.314 e. The zero-order valence-electron chi connectivity index (χ0n) is 24.1. The van der Waals surface area contributed by atoms with Gasteiger partial charge >= 0.3 is 5.97 Å². The molecule has 2 heterocycles. The highest BCUT2D eigenvalue weighted by atomic mass is 35.5. The lowest BCUT2D eigenvalue weighted by atomic mass is 9.63. The monoisotopic (exact) mass is 610 g/mol. The second-order valence-corrected chi connectivity index (χ2v) is 12.0. The minimum absolute atomic E-state index is 0.111. The molecule has 1 N–H and O–H groups in total. The van der Waals surface area contributed by atoms with Gasteiger partial charge in [0.05, 0.1) is 24.3 Å². The van der Waals surface area contributed by atoms with E-state index in [-0.39, 0.29) is 23.8 Å². The van der Waals surface area contributed by atoms with Crippen LogP contribution in [0, 0.1) is 5.92 Å². The van der Waals surface area contributed by atoms with E-state index in [0.29, 0.717) is 59.7 Å². The van der Waals surface area contributed by atoms with Crippen LogP contribution >= 0.6 is 23.2 Å². The van der Waals surface area contributed by atoms with Crippen LogP contribution in [-0.4, -0.2) is 73.2 Å². The highest BCUT2D eigenvalue weighted by molar-refractivity contribution is 6.42. The van der Waals surface area contributed by atoms with E-state index in [9.17, 15) is 14.7 Å². The number of methoxy groups -OCH3 is 2. The predicted octanol–water partition coefficient (Wildman–Crippen LogP) is 6.37. The Hall–Kier alpha value is -3.26. The van der Waals surface area contributed by atoms with Crippen molar-refractivity contribution in [2.24, 2.45) is 5.92 Å². The van der Waals surface area contributed by atoms with Gasteiger partial charge in [-0.05, 0) is 67.6 Å². The number of carboxylic acid groups (broad SMARTS) is 1. The van der Waals surface area contributed by atoms with Crippen LogP contribution in [0.25, 0.3) is 0 Å². The highest BCUT2D eigenvalue weighted by Gasteiger charge is 2.52. The fraction of sp³-hybridized carbons (Fsp3) is 0.394. The van der Waals surface area contributed by atoms with Crippen molar-refractivity contribution in [2.45, 2.75) is 37.1 Å². The zero-order valence-corrected chi connectivity index (χ0v) is 25.6. The number of likely N-dealkylation sites (tertiary alicyclic amines) is 2. The van der Waals surface area contributed by atoms with Crippen molar-refractivity contribution in [3.05, 3.63) is 93.5 Å². The number of halogens is 2. The van der Waals surface area contributed by atoms with Crippen molar-refractivity contribution in [2.75, 3.05) is 40.4 Å². The number of hydrogen-bond acceptors (Lipinski definition) is 5. The molecule has 2 aliphatic heterocycles. The van der Waals surface area contributed by atoms with Crippen LogP contribution in [0.5, 0.6) is 11.5 Å². The Morgan fingerprint density at radius 1 is 0.929 bits per heavy atom. The third-order valence-corrected chi connectivity index (χ3v) is 9.97. The van der Waals surface area contributed by atoms with Crippen LogP contribution in [0.4, 0.5) is 0 Å². The lowest BCUT2D eigenvalue weighted by Gasteiger charge is -2.48. The molecule has 2 saturated heterocycles. The molecule has 4 unspecified atom stereocenters. The van der Waals surface area contributed by atoms with E-state index >= 15 is 0 Å². The summed E-state index contributed by atoms with van der Waals surface area (Å²) in [6.45, 7) is 4.56. The van der Waals surface area contributed by atoms with Gasteiger partial charge in [-0.2, -0.15) is 0 Å². The van der Waals surface area contributed by atoms with Crippen LogP contribution in [-0.2, 0) is 10.2 Å². The maximum Gasteiger partial charge on any atom is 0.314 e. The Morgan fingerprint density at radius 3 is 2.24 bits per heavy atom. The van der Waals surface area contributed by atoms with Crippen molar-refractivity contribution in [3.8, 4) is 11.5 Å². The van der Waals surface area contributed by atoms with Crippen LogP contribution in [0.3, 0.4) is 0 Å². The molecule has 0 radical (unpaired) electrons. The maximum atomic E-state index is 13.6. The quantitative estimate of drug-likeness (QED) is 0.319. The molecular formula is C33H36Cl2N2O5. The molecule has 4 atom stereocenters. The highest BCUT2D eigenvalue weighted by Crippen LogP contribution is 2.47. The molecular weight excluding hydrogens is 575 g/mol. The number of carbonyl (C=O) groups excluding carboxylic acids is 1. The van der Waals surface area contributed by atoms with E-state index in [2.05, 4.69) is 11.8 Å². The molecule has 5 rings (SSSR count). The lowest BCUT2D eigenvalue weighted by Crippen LogP contribution is -2.56. The third kappa shape index (κ3) is 5.46. The summed E-state index contributed by atoms with van der Waals surface area (Å²) >= 11 is 12.7. The first-order valence-corrected chi connectivity index (χ1v) is 14.9. The summed E-state index contributed by atoms with van der Waals surface area (Å²) in [6, 6.07) is 20.4. The summed E-state index contributed by atoms with van der Waals surface area (Å²) < 4.78 is 11.0. The number of hydrogen-bond donors (Lipinski definition) is 1. The van der Waals surface area contributed by atoms with E-state index < -0.39 is 11.4 Å². The molecule has 0 aromatic heterocycles. The standard InChI is InChI=1S/C33H36Cl2N2O5/c1-21(23-14-16-37(19-23)31(38)30-28(41-2)10-7-11-29(30)42-3)36-17-15-33(32(39)40,24-8-5-4-6-9-24)25(20-36)22-12-13-26(34)27(35)18-22/h4-13,18,21,23,25H,14-17,19-20H2,1-3H3,(H,39,40). The van der Waals surface area contributed by atoms with Crippen molar-refractivity contribution >= 4 is 35.1 Å². The normalized spacial score (nSPS) is 23.4. The Kier molecular flexibility index (Phi) is 9.02. The van der Waals surface area contributed by atoms with Crippen LogP contribution < -0.4 is 9.47 Å². The number of piperidine rings is 1. The fourth-order valence-electron chi connectivity index (χ4n) is 6.81. The number of benzene rings is 3. The molecule has 42 heavy (non-hydrogen) atoms. The van der Waals surface area contributed by atoms with E-state index in [1.165, 1.54) is 0 Å². The molecule has 3 aromatic carbocycles. The summed E-state index contributed by atoms with van der Waals surface area (Å²) in [5.41, 5.74) is 0.943. The number of nitrogens with zero attached hydrogens (tertiary/aromatic N) is 2. The molecule has 0 spiro atoms. The Bertz CT molecular complexity index is 1430. The lowest BCUT2D eigenvalue weighted by molar-refractivity contribution is -0.147. The van der Waals surface area contributed by atoms with E-state index in [4.69, 9.17) is 32.7 Å². The molecule has 0 saturated carbocycles. The fourth-order valence-corrected chi connectivity index (χ4v) is 7.12. The topological polar surface area (TPSA) is 79.3 Å². The summed E-state index contributed by atoms with van der Waals surface area (Å²) in [6.07, 6.45) is 1.29. The average molecular weight is 612 g/mol.